The molecule has 0 unspecified atom stereocenters. The average Bonchev–Trinajstić information content (AvgIpc) is 3.15. The van der Waals surface area contributed by atoms with Gasteiger partial charge in [0.25, 0.3) is 11.5 Å². The summed E-state index contributed by atoms with van der Waals surface area (Å²) in [6, 6.07) is 3.76. The maximum atomic E-state index is 13.3. The predicted octanol–water partition coefficient (Wildman–Crippen LogP) is 5.04. The Morgan fingerprint density at radius 3 is 2.90 bits per heavy atom. The van der Waals surface area contributed by atoms with E-state index in [2.05, 4.69) is 6.58 Å². The van der Waals surface area contributed by atoms with Crippen LogP contribution in [-0.2, 0) is 19.5 Å². The number of nitrogens with zero attached hydrogens (tertiary/aromatic N) is 3. The number of rotatable bonds is 5. The fraction of sp³-hybridized carbons (Fsp3) is 0.381. The molecule has 0 aliphatic carbocycles. The van der Waals surface area contributed by atoms with Gasteiger partial charge in [-0.2, -0.15) is 0 Å². The van der Waals surface area contributed by atoms with Gasteiger partial charge in [-0.05, 0) is 37.5 Å². The van der Waals surface area contributed by atoms with Crippen molar-refractivity contribution in [2.24, 2.45) is 0 Å². The van der Waals surface area contributed by atoms with Crippen LogP contribution in [0.3, 0.4) is 0 Å². The fourth-order valence-electron chi connectivity index (χ4n) is 3.76. The summed E-state index contributed by atoms with van der Waals surface area (Å²) >= 11 is 8.82. The van der Waals surface area contributed by atoms with E-state index in [0.29, 0.717) is 39.1 Å². The van der Waals surface area contributed by atoms with Crippen molar-refractivity contribution in [1.82, 2.24) is 14.5 Å². The summed E-state index contributed by atoms with van der Waals surface area (Å²) in [6.07, 6.45) is 5.68. The number of aryl methyl sites for hydroxylation is 2. The van der Waals surface area contributed by atoms with Gasteiger partial charge < -0.3 is 4.90 Å². The van der Waals surface area contributed by atoms with Crippen LogP contribution >= 0.6 is 34.3 Å². The van der Waals surface area contributed by atoms with Crippen molar-refractivity contribution in [2.75, 3.05) is 6.54 Å². The molecule has 0 saturated carbocycles. The van der Waals surface area contributed by atoms with E-state index in [1.54, 1.807) is 15.5 Å². The third kappa shape index (κ3) is 3.91. The lowest BCUT2D eigenvalue weighted by Crippen LogP contribution is -2.30. The molecule has 0 saturated heterocycles. The van der Waals surface area contributed by atoms with Crippen molar-refractivity contribution in [1.29, 1.82) is 0 Å². The van der Waals surface area contributed by atoms with Crippen molar-refractivity contribution in [3.05, 3.63) is 60.6 Å². The smallest absolute Gasteiger partial charge is 0.264 e. The number of amides is 1. The van der Waals surface area contributed by atoms with E-state index in [-0.39, 0.29) is 11.5 Å². The van der Waals surface area contributed by atoms with E-state index in [4.69, 9.17) is 16.6 Å². The van der Waals surface area contributed by atoms with Crippen LogP contribution < -0.4 is 5.56 Å². The quantitative estimate of drug-likeness (QED) is 0.515. The zero-order valence-electron chi connectivity index (χ0n) is 16.2. The van der Waals surface area contributed by atoms with Crippen LogP contribution in [0, 0.1) is 6.92 Å². The molecule has 0 atom stereocenters. The SMILES string of the molecule is C=CCN(Cc1ccc(Cl)s1)C(=O)c1sc2nc3n(c(=O)c2c1C)CCCCC3. The monoisotopic (exact) mass is 447 g/mol. The van der Waals surface area contributed by atoms with Crippen molar-refractivity contribution in [2.45, 2.75) is 45.7 Å². The third-order valence-corrected chi connectivity index (χ3v) is 7.61. The van der Waals surface area contributed by atoms with Gasteiger partial charge in [-0.3, -0.25) is 14.2 Å². The Morgan fingerprint density at radius 2 is 2.17 bits per heavy atom. The molecular weight excluding hydrogens is 426 g/mol. The molecule has 0 bridgehead atoms. The highest BCUT2D eigenvalue weighted by Crippen LogP contribution is 2.30. The number of thiophene rings is 2. The molecule has 0 aromatic carbocycles. The number of hydrogen-bond donors (Lipinski definition) is 0. The van der Waals surface area contributed by atoms with E-state index in [1.165, 1.54) is 22.7 Å². The maximum absolute atomic E-state index is 13.3. The summed E-state index contributed by atoms with van der Waals surface area (Å²) < 4.78 is 2.50. The molecule has 1 aliphatic heterocycles. The summed E-state index contributed by atoms with van der Waals surface area (Å²) in [6.45, 7) is 7.22. The Labute approximate surface area is 182 Å². The number of carbonyl (C=O) groups excluding carboxylic acids is 1. The number of hydrogen-bond acceptors (Lipinski definition) is 5. The van der Waals surface area contributed by atoms with Gasteiger partial charge >= 0.3 is 0 Å². The first-order valence-corrected chi connectivity index (χ1v) is 11.7. The predicted molar refractivity (Wildman–Crippen MR) is 120 cm³/mol. The number of fused-ring (bicyclic) bond motifs is 2. The van der Waals surface area contributed by atoms with Gasteiger partial charge in [0.05, 0.1) is 21.1 Å². The zero-order chi connectivity index (χ0) is 20.5. The second-order valence-electron chi connectivity index (χ2n) is 7.21. The minimum Gasteiger partial charge on any atom is -0.329 e. The summed E-state index contributed by atoms with van der Waals surface area (Å²) in [5.74, 6) is 0.742. The normalized spacial score (nSPS) is 13.9. The van der Waals surface area contributed by atoms with E-state index >= 15 is 0 Å². The minimum atomic E-state index is -0.102. The number of carbonyl (C=O) groups is 1. The second-order valence-corrected chi connectivity index (χ2v) is 10.0. The number of aromatic nitrogens is 2. The van der Waals surface area contributed by atoms with Crippen LogP contribution in [0.2, 0.25) is 4.34 Å². The molecule has 0 spiro atoms. The van der Waals surface area contributed by atoms with Crippen LogP contribution in [0.5, 0.6) is 0 Å². The van der Waals surface area contributed by atoms with E-state index in [0.717, 1.165) is 41.9 Å². The Morgan fingerprint density at radius 1 is 1.34 bits per heavy atom. The molecule has 0 radical (unpaired) electrons. The molecule has 5 nitrogen and oxygen atoms in total. The van der Waals surface area contributed by atoms with Gasteiger partial charge in [0.15, 0.2) is 0 Å². The number of halogens is 1. The lowest BCUT2D eigenvalue weighted by atomic mass is 10.2. The Kier molecular flexibility index (Phi) is 5.90. The molecule has 1 amide bonds. The molecule has 3 aromatic heterocycles. The highest BCUT2D eigenvalue weighted by Gasteiger charge is 2.25. The lowest BCUT2D eigenvalue weighted by molar-refractivity contribution is 0.0768. The van der Waals surface area contributed by atoms with Crippen molar-refractivity contribution in [3.8, 4) is 0 Å². The molecule has 4 rings (SSSR count). The first-order chi connectivity index (χ1) is 14.0. The molecular formula is C21H22ClN3O2S2. The first-order valence-electron chi connectivity index (χ1n) is 9.66. The van der Waals surface area contributed by atoms with Gasteiger partial charge in [0, 0.05) is 24.4 Å². The van der Waals surface area contributed by atoms with E-state index in [9.17, 15) is 9.59 Å². The molecule has 29 heavy (non-hydrogen) atoms. The van der Waals surface area contributed by atoms with Crippen molar-refractivity contribution in [3.63, 3.8) is 0 Å². The molecule has 0 fully saturated rings. The van der Waals surface area contributed by atoms with Gasteiger partial charge in [0.2, 0.25) is 0 Å². The zero-order valence-corrected chi connectivity index (χ0v) is 18.6. The standard InChI is InChI=1S/C21H22ClN3O2S2/c1-3-10-24(12-14-8-9-15(22)28-14)21(27)18-13(2)17-19(29-18)23-16-7-5-4-6-11-25(16)20(17)26/h3,8-9H,1,4-7,10-12H2,2H3. The van der Waals surface area contributed by atoms with Crippen LogP contribution in [-0.4, -0.2) is 26.9 Å². The topological polar surface area (TPSA) is 55.2 Å². The minimum absolute atomic E-state index is 0.0139. The van der Waals surface area contributed by atoms with Gasteiger partial charge in [0.1, 0.15) is 10.7 Å². The summed E-state index contributed by atoms with van der Waals surface area (Å²) in [5.41, 5.74) is 0.713. The van der Waals surface area contributed by atoms with Gasteiger partial charge in [-0.15, -0.1) is 29.3 Å². The summed E-state index contributed by atoms with van der Waals surface area (Å²) in [7, 11) is 0. The first kappa shape index (κ1) is 20.3. The highest BCUT2D eigenvalue weighted by atomic mass is 35.5. The van der Waals surface area contributed by atoms with Crippen molar-refractivity contribution >= 4 is 50.4 Å². The van der Waals surface area contributed by atoms with Crippen LogP contribution in [0.15, 0.2) is 29.6 Å². The summed E-state index contributed by atoms with van der Waals surface area (Å²) in [4.78, 5) is 35.3. The molecule has 4 heterocycles. The summed E-state index contributed by atoms with van der Waals surface area (Å²) in [5, 5.41) is 0.585. The molecule has 152 valence electrons. The Balaban J connectivity index is 1.75. The van der Waals surface area contributed by atoms with Gasteiger partial charge in [-0.1, -0.05) is 24.1 Å². The average molecular weight is 448 g/mol. The fourth-order valence-corrected chi connectivity index (χ4v) is 6.02. The van der Waals surface area contributed by atoms with Crippen LogP contribution in [0.1, 0.15) is 45.2 Å². The van der Waals surface area contributed by atoms with E-state index in [1.807, 2.05) is 19.1 Å². The van der Waals surface area contributed by atoms with Crippen LogP contribution in [0.25, 0.3) is 10.2 Å². The Hall–Kier alpha value is -1.96. The van der Waals surface area contributed by atoms with E-state index < -0.39 is 0 Å². The second kappa shape index (κ2) is 8.42. The molecule has 0 N–H and O–H groups in total. The Bertz CT molecular complexity index is 1140. The van der Waals surface area contributed by atoms with Crippen molar-refractivity contribution < 1.29 is 4.79 Å². The molecule has 3 aromatic rings. The largest absolute Gasteiger partial charge is 0.329 e. The van der Waals surface area contributed by atoms with Crippen LogP contribution in [0.4, 0.5) is 0 Å². The third-order valence-electron chi connectivity index (χ3n) is 5.22. The maximum Gasteiger partial charge on any atom is 0.264 e. The molecule has 8 heteroatoms. The van der Waals surface area contributed by atoms with Gasteiger partial charge in [-0.25, -0.2) is 4.98 Å². The molecule has 1 aliphatic rings. The highest BCUT2D eigenvalue weighted by molar-refractivity contribution is 7.20. The lowest BCUT2D eigenvalue weighted by Gasteiger charge is -2.20.